The number of nitrogens with one attached hydrogen (secondary N) is 3. The topological polar surface area (TPSA) is 120 Å². The van der Waals surface area contributed by atoms with Crippen molar-refractivity contribution in [3.05, 3.63) is 23.4 Å². The van der Waals surface area contributed by atoms with Crippen LogP contribution >= 0.6 is 0 Å². The molecule has 0 aliphatic carbocycles. The first-order valence-electron chi connectivity index (χ1n) is 11.0. The molecule has 2 heterocycles. The molecule has 1 aliphatic heterocycles. The SMILES string of the molecule is CS(=O)(=O)NCCCN[C@@H](CCCCCCCc1ccc2c(n1)NCCC2)C(=O)O. The van der Waals surface area contributed by atoms with E-state index in [4.69, 9.17) is 4.98 Å². The van der Waals surface area contributed by atoms with Crippen LogP contribution in [0.1, 0.15) is 62.6 Å². The number of carboxylic acid groups (broad SMARTS) is 1. The lowest BCUT2D eigenvalue weighted by molar-refractivity contribution is -0.139. The van der Waals surface area contributed by atoms with Crippen molar-refractivity contribution >= 4 is 21.8 Å². The third-order valence-corrected chi connectivity index (χ3v) is 6.01. The number of aliphatic carboxylic acids is 1. The van der Waals surface area contributed by atoms with Crippen LogP contribution in [-0.2, 0) is 27.7 Å². The van der Waals surface area contributed by atoms with Gasteiger partial charge in [-0.1, -0.05) is 31.7 Å². The van der Waals surface area contributed by atoms with E-state index in [1.54, 1.807) is 0 Å². The minimum absolute atomic E-state index is 0.313. The van der Waals surface area contributed by atoms with E-state index in [1.807, 2.05) is 0 Å². The number of rotatable bonds is 15. The fourth-order valence-electron chi connectivity index (χ4n) is 3.63. The van der Waals surface area contributed by atoms with Gasteiger partial charge in [-0.05, 0) is 56.7 Å². The van der Waals surface area contributed by atoms with Crippen molar-refractivity contribution in [1.29, 1.82) is 0 Å². The van der Waals surface area contributed by atoms with Crippen LogP contribution in [0.25, 0.3) is 0 Å². The molecule has 0 amide bonds. The lowest BCUT2D eigenvalue weighted by Crippen LogP contribution is -2.38. The number of carboxylic acids is 1. The fraction of sp³-hybridized carbons (Fsp3) is 0.714. The van der Waals surface area contributed by atoms with Crippen LogP contribution in [0.4, 0.5) is 5.82 Å². The van der Waals surface area contributed by atoms with Crippen molar-refractivity contribution in [3.8, 4) is 0 Å². The molecule has 4 N–H and O–H groups in total. The third-order valence-electron chi connectivity index (χ3n) is 5.28. The summed E-state index contributed by atoms with van der Waals surface area (Å²) in [5.41, 5.74) is 2.46. The highest BCUT2D eigenvalue weighted by molar-refractivity contribution is 7.88. The van der Waals surface area contributed by atoms with Gasteiger partial charge in [0.15, 0.2) is 0 Å². The van der Waals surface area contributed by atoms with E-state index in [9.17, 15) is 18.3 Å². The number of unbranched alkanes of at least 4 members (excludes halogenated alkanes) is 4. The minimum atomic E-state index is -3.19. The third kappa shape index (κ3) is 9.86. The van der Waals surface area contributed by atoms with Crippen molar-refractivity contribution in [1.82, 2.24) is 15.0 Å². The van der Waals surface area contributed by atoms with Crippen LogP contribution in [0.5, 0.6) is 0 Å². The number of nitrogens with zero attached hydrogens (tertiary/aromatic N) is 1. The lowest BCUT2D eigenvalue weighted by atomic mass is 10.0. The molecule has 0 bridgehead atoms. The number of hydrogen-bond donors (Lipinski definition) is 4. The first-order valence-corrected chi connectivity index (χ1v) is 12.9. The van der Waals surface area contributed by atoms with Gasteiger partial charge >= 0.3 is 5.97 Å². The Morgan fingerprint density at radius 1 is 1.17 bits per heavy atom. The van der Waals surface area contributed by atoms with Crippen LogP contribution in [0.3, 0.4) is 0 Å². The van der Waals surface area contributed by atoms with Gasteiger partial charge in [0.2, 0.25) is 10.0 Å². The van der Waals surface area contributed by atoms with E-state index in [2.05, 4.69) is 27.5 Å². The number of sulfonamides is 1. The Labute approximate surface area is 180 Å². The van der Waals surface area contributed by atoms with Crippen molar-refractivity contribution < 1.29 is 18.3 Å². The first kappa shape index (κ1) is 24.6. The van der Waals surface area contributed by atoms with Gasteiger partial charge in [-0.3, -0.25) is 4.79 Å². The molecule has 0 unspecified atom stereocenters. The predicted molar refractivity (Wildman–Crippen MR) is 119 cm³/mol. The molecule has 0 saturated carbocycles. The first-order chi connectivity index (χ1) is 14.3. The van der Waals surface area contributed by atoms with E-state index < -0.39 is 22.0 Å². The second-order valence-corrected chi connectivity index (χ2v) is 9.85. The molecular formula is C21H36N4O4S. The quantitative estimate of drug-likeness (QED) is 0.309. The molecule has 0 saturated heterocycles. The van der Waals surface area contributed by atoms with Gasteiger partial charge in [0.05, 0.1) is 6.26 Å². The minimum Gasteiger partial charge on any atom is -0.480 e. The normalized spacial score (nSPS) is 14.7. The molecule has 2 rings (SSSR count). The Kier molecular flexibility index (Phi) is 10.5. The number of carbonyl (C=O) groups is 1. The molecule has 8 nitrogen and oxygen atoms in total. The van der Waals surface area contributed by atoms with E-state index in [0.717, 1.165) is 69.3 Å². The monoisotopic (exact) mass is 440 g/mol. The maximum atomic E-state index is 11.4. The Morgan fingerprint density at radius 2 is 1.93 bits per heavy atom. The molecule has 1 aromatic rings. The Hall–Kier alpha value is -1.71. The molecular weight excluding hydrogens is 404 g/mol. The van der Waals surface area contributed by atoms with Gasteiger partial charge in [0.1, 0.15) is 11.9 Å². The summed E-state index contributed by atoms with van der Waals surface area (Å²) in [7, 11) is -3.19. The maximum absolute atomic E-state index is 11.4. The van der Waals surface area contributed by atoms with Gasteiger partial charge in [0, 0.05) is 18.8 Å². The second-order valence-electron chi connectivity index (χ2n) is 8.01. The molecule has 1 atom stereocenters. The standard InChI is InChI=1S/C21H36N4O4S/c1-30(28,29)24-16-8-15-22-19(21(26)27)11-6-4-2-3-5-10-18-13-12-17-9-7-14-23-20(17)25-18/h12-13,19,22,24H,2-11,14-16H2,1H3,(H,23,25)(H,26,27)/t19-/m0/s1. The van der Waals surface area contributed by atoms with Gasteiger partial charge in [-0.25, -0.2) is 18.1 Å². The average Bonchev–Trinajstić information content (AvgIpc) is 2.70. The van der Waals surface area contributed by atoms with Gasteiger partial charge < -0.3 is 15.7 Å². The fourth-order valence-corrected chi connectivity index (χ4v) is 4.14. The highest BCUT2D eigenvalue weighted by atomic mass is 32.2. The van der Waals surface area contributed by atoms with Crippen LogP contribution in [0.15, 0.2) is 12.1 Å². The Morgan fingerprint density at radius 3 is 2.70 bits per heavy atom. The van der Waals surface area contributed by atoms with E-state index >= 15 is 0 Å². The van der Waals surface area contributed by atoms with Crippen molar-refractivity contribution in [2.45, 2.75) is 70.3 Å². The molecule has 1 aromatic heterocycles. The van der Waals surface area contributed by atoms with Gasteiger partial charge in [-0.15, -0.1) is 0 Å². The summed E-state index contributed by atoms with van der Waals surface area (Å²) in [5.74, 6) is 0.205. The number of pyridine rings is 1. The van der Waals surface area contributed by atoms with Gasteiger partial charge in [-0.2, -0.15) is 0 Å². The summed E-state index contributed by atoms with van der Waals surface area (Å²) in [6.07, 6.45) is 10.7. The highest BCUT2D eigenvalue weighted by Gasteiger charge is 2.15. The molecule has 1 aliphatic rings. The summed E-state index contributed by atoms with van der Waals surface area (Å²) in [6, 6.07) is 3.76. The molecule has 0 radical (unpaired) electrons. The van der Waals surface area contributed by atoms with E-state index in [-0.39, 0.29) is 0 Å². The summed E-state index contributed by atoms with van der Waals surface area (Å²) < 4.78 is 24.4. The lowest BCUT2D eigenvalue weighted by Gasteiger charge is -2.17. The predicted octanol–water partition coefficient (Wildman–Crippen LogP) is 2.30. The average molecular weight is 441 g/mol. The summed E-state index contributed by atoms with van der Waals surface area (Å²) in [4.78, 5) is 16.1. The number of aryl methyl sites for hydroxylation is 2. The Bertz CT molecular complexity index is 770. The maximum Gasteiger partial charge on any atom is 0.320 e. The summed E-state index contributed by atoms with van der Waals surface area (Å²) in [6.45, 7) is 1.79. The molecule has 9 heteroatoms. The van der Waals surface area contributed by atoms with Crippen molar-refractivity contribution in [2.24, 2.45) is 0 Å². The number of fused-ring (bicyclic) bond motifs is 1. The molecule has 170 valence electrons. The van der Waals surface area contributed by atoms with Crippen LogP contribution in [0.2, 0.25) is 0 Å². The largest absolute Gasteiger partial charge is 0.480 e. The summed E-state index contributed by atoms with van der Waals surface area (Å²) in [5, 5.41) is 15.7. The summed E-state index contributed by atoms with van der Waals surface area (Å²) >= 11 is 0. The van der Waals surface area contributed by atoms with Crippen LogP contribution in [-0.4, -0.2) is 56.4 Å². The smallest absolute Gasteiger partial charge is 0.320 e. The zero-order chi connectivity index (χ0) is 21.8. The molecule has 0 aromatic carbocycles. The second kappa shape index (κ2) is 12.9. The van der Waals surface area contributed by atoms with Gasteiger partial charge in [0.25, 0.3) is 0 Å². The molecule has 0 spiro atoms. The van der Waals surface area contributed by atoms with Crippen molar-refractivity contribution in [2.75, 3.05) is 31.2 Å². The van der Waals surface area contributed by atoms with E-state index in [1.165, 1.54) is 12.0 Å². The Balaban J connectivity index is 1.53. The highest BCUT2D eigenvalue weighted by Crippen LogP contribution is 2.20. The number of hydrogen-bond acceptors (Lipinski definition) is 6. The number of anilines is 1. The zero-order valence-electron chi connectivity index (χ0n) is 18.0. The van der Waals surface area contributed by atoms with Crippen LogP contribution in [0, 0.1) is 0 Å². The molecule has 30 heavy (non-hydrogen) atoms. The van der Waals surface area contributed by atoms with Crippen LogP contribution < -0.4 is 15.4 Å². The zero-order valence-corrected chi connectivity index (χ0v) is 18.8. The molecule has 0 fully saturated rings. The van der Waals surface area contributed by atoms with E-state index in [0.29, 0.717) is 25.9 Å². The van der Waals surface area contributed by atoms with Crippen molar-refractivity contribution in [3.63, 3.8) is 0 Å². The number of aromatic nitrogens is 1.